The van der Waals surface area contributed by atoms with Crippen molar-refractivity contribution in [3.05, 3.63) is 0 Å². The van der Waals surface area contributed by atoms with Gasteiger partial charge in [-0.25, -0.2) is 0 Å². The van der Waals surface area contributed by atoms with E-state index in [1.54, 1.807) is 0 Å². The summed E-state index contributed by atoms with van der Waals surface area (Å²) in [5.74, 6) is 2.54. The highest BCUT2D eigenvalue weighted by Gasteiger charge is 2.61. The number of fused-ring (bicyclic) bond motifs is 5. The highest BCUT2D eigenvalue weighted by Crippen LogP contribution is 2.67. The van der Waals surface area contributed by atoms with Crippen LogP contribution < -0.4 is 0 Å². The molecular weight excluding hydrogens is 393 g/mol. The third kappa shape index (κ3) is 3.83. The number of hydrogen-bond donors (Lipinski definition) is 2. The Labute approximate surface area is 178 Å². The lowest BCUT2D eigenvalue weighted by Crippen LogP contribution is -2.56. The molecule has 6 heteroatoms. The van der Waals surface area contributed by atoms with Crippen LogP contribution in [0.3, 0.4) is 0 Å². The first kappa shape index (κ1) is 22.8. The summed E-state index contributed by atoms with van der Waals surface area (Å²) in [6, 6.07) is 0. The molecule has 0 radical (unpaired) electrons. The molecule has 0 bridgehead atoms. The fourth-order valence-electron chi connectivity index (χ4n) is 8.14. The van der Waals surface area contributed by atoms with Gasteiger partial charge in [0.15, 0.2) is 6.10 Å². The van der Waals surface area contributed by atoms with Gasteiger partial charge >= 0.3 is 6.18 Å². The molecule has 0 aromatic rings. The molecule has 0 spiro atoms. The topological polar surface area (TPSA) is 49.7 Å². The molecule has 3 nitrogen and oxygen atoms in total. The molecule has 8 unspecified atom stereocenters. The van der Waals surface area contributed by atoms with Crippen molar-refractivity contribution in [1.29, 1.82) is 0 Å². The molecule has 0 aromatic carbocycles. The van der Waals surface area contributed by atoms with Crippen molar-refractivity contribution in [2.75, 3.05) is 6.61 Å². The SMILES string of the molecule is CC12CC[C@](C)(O)CC1CCC1C2CCC2(C)C(OCCC(O)C(F)(F)F)CCC12. The molecule has 0 aromatic heterocycles. The smallest absolute Gasteiger partial charge is 0.390 e. The number of rotatable bonds is 4. The Morgan fingerprint density at radius 1 is 0.933 bits per heavy atom. The van der Waals surface area contributed by atoms with E-state index >= 15 is 0 Å². The van der Waals surface area contributed by atoms with Gasteiger partial charge in [-0.05, 0) is 99.2 Å². The quantitative estimate of drug-likeness (QED) is 0.619. The van der Waals surface area contributed by atoms with Crippen molar-refractivity contribution in [2.24, 2.45) is 34.5 Å². The molecule has 4 fully saturated rings. The lowest BCUT2D eigenvalue weighted by molar-refractivity contribution is -0.210. The van der Waals surface area contributed by atoms with Gasteiger partial charge in [0.05, 0.1) is 11.7 Å². The van der Waals surface area contributed by atoms with Gasteiger partial charge in [-0.15, -0.1) is 0 Å². The predicted octanol–water partition coefficient (Wildman–Crippen LogP) is 5.48. The Bertz CT molecular complexity index is 636. The molecule has 9 atom stereocenters. The largest absolute Gasteiger partial charge is 0.414 e. The number of halogens is 3. The van der Waals surface area contributed by atoms with Crippen LogP contribution in [0.25, 0.3) is 0 Å². The van der Waals surface area contributed by atoms with Gasteiger partial charge in [-0.2, -0.15) is 13.2 Å². The zero-order valence-corrected chi connectivity index (χ0v) is 18.7. The molecule has 4 aliphatic carbocycles. The molecule has 4 saturated carbocycles. The normalized spacial score (nSPS) is 49.8. The summed E-state index contributed by atoms with van der Waals surface area (Å²) in [4.78, 5) is 0. The van der Waals surface area contributed by atoms with Gasteiger partial charge in [0.25, 0.3) is 0 Å². The fourth-order valence-corrected chi connectivity index (χ4v) is 8.14. The maximum atomic E-state index is 12.6. The first-order valence-electron chi connectivity index (χ1n) is 12.0. The average Bonchev–Trinajstić information content (AvgIpc) is 2.98. The summed E-state index contributed by atoms with van der Waals surface area (Å²) in [5.41, 5.74) is -0.177. The van der Waals surface area contributed by atoms with E-state index in [0.717, 1.165) is 44.9 Å². The Morgan fingerprint density at radius 3 is 2.33 bits per heavy atom. The zero-order valence-electron chi connectivity index (χ0n) is 18.7. The number of aliphatic hydroxyl groups is 2. The summed E-state index contributed by atoms with van der Waals surface area (Å²) in [7, 11) is 0. The number of ether oxygens (including phenoxy) is 1. The second-order valence-electron chi connectivity index (χ2n) is 11.7. The molecular formula is C24H39F3O3. The van der Waals surface area contributed by atoms with Crippen molar-refractivity contribution in [3.8, 4) is 0 Å². The minimum absolute atomic E-state index is 0.00139. The Hall–Kier alpha value is -0.330. The molecule has 4 rings (SSSR count). The second-order valence-corrected chi connectivity index (χ2v) is 11.7. The number of alkyl halides is 3. The lowest BCUT2D eigenvalue weighted by atomic mass is 9.44. The van der Waals surface area contributed by atoms with Crippen molar-refractivity contribution < 1.29 is 28.1 Å². The first-order chi connectivity index (χ1) is 13.9. The van der Waals surface area contributed by atoms with Gasteiger partial charge in [0, 0.05) is 13.0 Å². The van der Waals surface area contributed by atoms with E-state index in [9.17, 15) is 23.4 Å². The van der Waals surface area contributed by atoms with Crippen LogP contribution in [0.5, 0.6) is 0 Å². The third-order valence-corrected chi connectivity index (χ3v) is 9.95. The standard InChI is InChI=1S/C24H39F3O3/c1-21(29)11-12-22(2)15(14-21)4-5-16-17-6-7-20(23(17,3)10-8-18(16)22)30-13-9-19(28)24(25,26)27/h15-20,28-29H,4-14H2,1-3H3/t15?,16?,17?,18?,19?,20?,21-,22?,23?/m0/s1. The molecule has 2 N–H and O–H groups in total. The monoisotopic (exact) mass is 432 g/mol. The third-order valence-electron chi connectivity index (χ3n) is 9.95. The first-order valence-corrected chi connectivity index (χ1v) is 12.0. The molecule has 0 heterocycles. The van der Waals surface area contributed by atoms with Crippen LogP contribution in [0.15, 0.2) is 0 Å². The highest BCUT2D eigenvalue weighted by molar-refractivity contribution is 5.10. The van der Waals surface area contributed by atoms with Gasteiger partial charge in [-0.3, -0.25) is 0 Å². The van der Waals surface area contributed by atoms with E-state index in [1.165, 1.54) is 12.8 Å². The molecule has 0 saturated heterocycles. The zero-order chi connectivity index (χ0) is 21.9. The number of aliphatic hydroxyl groups excluding tert-OH is 1. The van der Waals surface area contributed by atoms with E-state index < -0.39 is 17.9 Å². The van der Waals surface area contributed by atoms with E-state index in [-0.39, 0.29) is 24.5 Å². The predicted molar refractivity (Wildman–Crippen MR) is 109 cm³/mol. The minimum atomic E-state index is -4.57. The summed E-state index contributed by atoms with van der Waals surface area (Å²) < 4.78 is 43.7. The van der Waals surface area contributed by atoms with Crippen molar-refractivity contribution in [2.45, 2.75) is 109 Å². The van der Waals surface area contributed by atoms with Crippen LogP contribution in [0, 0.1) is 34.5 Å². The van der Waals surface area contributed by atoms with Crippen LogP contribution in [0.1, 0.15) is 85.0 Å². The van der Waals surface area contributed by atoms with Crippen molar-refractivity contribution in [1.82, 2.24) is 0 Å². The molecule has 0 aliphatic heterocycles. The van der Waals surface area contributed by atoms with E-state index in [0.29, 0.717) is 29.1 Å². The maximum Gasteiger partial charge on any atom is 0.414 e. The fraction of sp³-hybridized carbons (Fsp3) is 1.00. The van der Waals surface area contributed by atoms with E-state index in [4.69, 9.17) is 4.74 Å². The lowest BCUT2D eigenvalue weighted by Gasteiger charge is -2.61. The second kappa shape index (κ2) is 7.62. The molecule has 174 valence electrons. The average molecular weight is 433 g/mol. The Balaban J connectivity index is 1.42. The maximum absolute atomic E-state index is 12.6. The van der Waals surface area contributed by atoms with Gasteiger partial charge in [0.2, 0.25) is 0 Å². The molecule has 30 heavy (non-hydrogen) atoms. The summed E-state index contributed by atoms with van der Waals surface area (Å²) >= 11 is 0. The summed E-state index contributed by atoms with van der Waals surface area (Å²) in [6.45, 7) is 6.72. The molecule has 4 aliphatic rings. The van der Waals surface area contributed by atoms with Gasteiger partial charge in [0.1, 0.15) is 0 Å². The number of hydrogen-bond acceptors (Lipinski definition) is 3. The minimum Gasteiger partial charge on any atom is -0.390 e. The van der Waals surface area contributed by atoms with Crippen LogP contribution in [0.2, 0.25) is 0 Å². The van der Waals surface area contributed by atoms with Gasteiger partial charge in [-0.1, -0.05) is 13.8 Å². The highest BCUT2D eigenvalue weighted by atomic mass is 19.4. The summed E-state index contributed by atoms with van der Waals surface area (Å²) in [6.07, 6.45) is 2.31. The van der Waals surface area contributed by atoms with Gasteiger partial charge < -0.3 is 14.9 Å². The summed E-state index contributed by atoms with van der Waals surface area (Å²) in [5, 5.41) is 19.9. The van der Waals surface area contributed by atoms with Crippen LogP contribution >= 0.6 is 0 Å². The Kier molecular flexibility index (Phi) is 5.80. The van der Waals surface area contributed by atoms with Crippen LogP contribution in [-0.4, -0.2) is 40.8 Å². The van der Waals surface area contributed by atoms with E-state index in [2.05, 4.69) is 13.8 Å². The van der Waals surface area contributed by atoms with Crippen LogP contribution in [0.4, 0.5) is 13.2 Å². The van der Waals surface area contributed by atoms with E-state index in [1.807, 2.05) is 6.92 Å². The van der Waals surface area contributed by atoms with Crippen LogP contribution in [-0.2, 0) is 4.74 Å². The van der Waals surface area contributed by atoms with Crippen molar-refractivity contribution >= 4 is 0 Å². The van der Waals surface area contributed by atoms with Crippen molar-refractivity contribution in [3.63, 3.8) is 0 Å². The molecule has 0 amide bonds. The Morgan fingerprint density at radius 2 is 1.63 bits per heavy atom.